The van der Waals surface area contributed by atoms with Crippen LogP contribution in [0.5, 0.6) is 11.5 Å². The van der Waals surface area contributed by atoms with Gasteiger partial charge in [0, 0.05) is 6.07 Å². The summed E-state index contributed by atoms with van der Waals surface area (Å²) in [4.78, 5) is 35.9. The van der Waals surface area contributed by atoms with Gasteiger partial charge in [-0.3, -0.25) is 19.7 Å². The quantitative estimate of drug-likeness (QED) is 0.632. The molecule has 2 heterocycles. The van der Waals surface area contributed by atoms with E-state index in [0.717, 1.165) is 12.3 Å². The number of nitrogens with zero attached hydrogens (tertiary/aromatic N) is 1. The van der Waals surface area contributed by atoms with Crippen molar-refractivity contribution in [2.24, 2.45) is 0 Å². The lowest BCUT2D eigenvalue weighted by Crippen LogP contribution is -2.41. The van der Waals surface area contributed by atoms with Gasteiger partial charge in [-0.1, -0.05) is 12.1 Å². The fourth-order valence-corrected chi connectivity index (χ4v) is 2.21. The van der Waals surface area contributed by atoms with Gasteiger partial charge in [0.1, 0.15) is 18.3 Å². The number of fused-ring (bicyclic) bond motifs is 1. The molecule has 0 saturated heterocycles. The molecule has 0 aliphatic carbocycles. The third-order valence-corrected chi connectivity index (χ3v) is 3.40. The lowest BCUT2D eigenvalue weighted by molar-refractivity contribution is -0.385. The number of pyridine rings is 1. The van der Waals surface area contributed by atoms with Gasteiger partial charge in [-0.25, -0.2) is 0 Å². The molecule has 0 bridgehead atoms. The Morgan fingerprint density at radius 1 is 1.38 bits per heavy atom. The van der Waals surface area contributed by atoms with E-state index in [2.05, 4.69) is 10.3 Å². The molecule has 1 aromatic heterocycles. The van der Waals surface area contributed by atoms with Gasteiger partial charge in [0.2, 0.25) is 0 Å². The van der Waals surface area contributed by atoms with E-state index in [1.807, 2.05) is 6.07 Å². The third kappa shape index (κ3) is 3.19. The number of benzene rings is 1. The lowest BCUT2D eigenvalue weighted by atomic mass is 10.2. The van der Waals surface area contributed by atoms with Crippen LogP contribution in [0, 0.1) is 10.1 Å². The first-order chi connectivity index (χ1) is 11.5. The standard InChI is InChI=1S/C15H13N3O6/c19-14-11(5-9(6-16-14)18(21)22)15(20)17-7-10-8-23-12-3-1-2-4-13(12)24-10/h1-6,10H,7-8H2,(H,16,19)(H,17,20)/t10-/m1/s1. The first-order valence-corrected chi connectivity index (χ1v) is 7.08. The Morgan fingerprint density at radius 2 is 2.12 bits per heavy atom. The number of aromatic nitrogens is 1. The number of nitrogens with one attached hydrogen (secondary N) is 2. The molecule has 0 radical (unpaired) electrons. The highest BCUT2D eigenvalue weighted by Crippen LogP contribution is 2.30. The van der Waals surface area contributed by atoms with Crippen LogP contribution in [0.2, 0.25) is 0 Å². The number of hydrogen-bond donors (Lipinski definition) is 2. The normalized spacial score (nSPS) is 15.6. The second kappa shape index (κ2) is 6.41. The van der Waals surface area contributed by atoms with Crippen molar-refractivity contribution in [3.63, 3.8) is 0 Å². The Labute approximate surface area is 135 Å². The Balaban J connectivity index is 1.65. The second-order valence-electron chi connectivity index (χ2n) is 5.07. The molecule has 1 atom stereocenters. The van der Waals surface area contributed by atoms with Gasteiger partial charge >= 0.3 is 0 Å². The van der Waals surface area contributed by atoms with E-state index in [9.17, 15) is 19.7 Å². The van der Waals surface area contributed by atoms with Crippen LogP contribution < -0.4 is 20.3 Å². The van der Waals surface area contributed by atoms with Crippen molar-refractivity contribution in [3.8, 4) is 11.5 Å². The molecule has 3 rings (SSSR count). The van der Waals surface area contributed by atoms with Crippen LogP contribution in [-0.4, -0.2) is 35.1 Å². The van der Waals surface area contributed by atoms with Crippen LogP contribution in [0.25, 0.3) is 0 Å². The van der Waals surface area contributed by atoms with E-state index in [0.29, 0.717) is 11.5 Å². The number of carbonyl (C=O) groups is 1. The van der Waals surface area contributed by atoms with Crippen molar-refractivity contribution >= 4 is 11.6 Å². The first-order valence-electron chi connectivity index (χ1n) is 7.08. The zero-order valence-corrected chi connectivity index (χ0v) is 12.4. The van der Waals surface area contributed by atoms with Gasteiger partial charge in [-0.15, -0.1) is 0 Å². The summed E-state index contributed by atoms with van der Waals surface area (Å²) in [5, 5.41) is 13.2. The summed E-state index contributed by atoms with van der Waals surface area (Å²) in [5.41, 5.74) is -1.41. The first kappa shape index (κ1) is 15.5. The summed E-state index contributed by atoms with van der Waals surface area (Å²) in [7, 11) is 0. The van der Waals surface area contributed by atoms with Crippen molar-refractivity contribution in [2.45, 2.75) is 6.10 Å². The fourth-order valence-electron chi connectivity index (χ4n) is 2.21. The Kier molecular flexibility index (Phi) is 4.15. The van der Waals surface area contributed by atoms with Crippen molar-refractivity contribution in [2.75, 3.05) is 13.2 Å². The summed E-state index contributed by atoms with van der Waals surface area (Å²) in [6, 6.07) is 8.06. The van der Waals surface area contributed by atoms with E-state index in [4.69, 9.17) is 9.47 Å². The maximum absolute atomic E-state index is 12.1. The van der Waals surface area contributed by atoms with Gasteiger partial charge in [0.05, 0.1) is 17.7 Å². The van der Waals surface area contributed by atoms with Crippen LogP contribution in [0.15, 0.2) is 41.3 Å². The minimum atomic E-state index is -0.720. The number of carbonyl (C=O) groups excluding carboxylic acids is 1. The van der Waals surface area contributed by atoms with Gasteiger partial charge < -0.3 is 19.8 Å². The van der Waals surface area contributed by atoms with Crippen LogP contribution in [0.3, 0.4) is 0 Å². The maximum atomic E-state index is 12.1. The largest absolute Gasteiger partial charge is 0.486 e. The van der Waals surface area contributed by atoms with Gasteiger partial charge in [-0.05, 0) is 12.1 Å². The van der Waals surface area contributed by atoms with Crippen LogP contribution >= 0.6 is 0 Å². The van der Waals surface area contributed by atoms with E-state index in [-0.39, 0.29) is 24.4 Å². The molecular formula is C15H13N3O6. The topological polar surface area (TPSA) is 124 Å². The molecular weight excluding hydrogens is 318 g/mol. The summed E-state index contributed by atoms with van der Waals surface area (Å²) in [6.07, 6.45) is 0.510. The molecule has 0 spiro atoms. The molecule has 24 heavy (non-hydrogen) atoms. The van der Waals surface area contributed by atoms with Crippen molar-refractivity contribution < 1.29 is 19.2 Å². The molecule has 1 aromatic carbocycles. The molecule has 1 amide bonds. The molecule has 2 aromatic rings. The number of hydrogen-bond acceptors (Lipinski definition) is 6. The molecule has 1 aliphatic heterocycles. The molecule has 2 N–H and O–H groups in total. The number of nitro groups is 1. The van der Waals surface area contributed by atoms with Crippen molar-refractivity contribution in [3.05, 3.63) is 62.6 Å². The number of ether oxygens (including phenoxy) is 2. The van der Waals surface area contributed by atoms with E-state index in [1.54, 1.807) is 18.2 Å². The SMILES string of the molecule is O=C(NC[C@@H]1COc2ccccc2O1)c1cc([N+](=O)[O-])c[nH]c1=O. The average molecular weight is 331 g/mol. The fraction of sp³-hybridized carbons (Fsp3) is 0.200. The van der Waals surface area contributed by atoms with Gasteiger partial charge in [-0.2, -0.15) is 0 Å². The summed E-state index contributed by atoms with van der Waals surface area (Å²) in [6.45, 7) is 0.331. The Morgan fingerprint density at radius 3 is 2.88 bits per heavy atom. The summed E-state index contributed by atoms with van der Waals surface area (Å²) < 4.78 is 11.2. The lowest BCUT2D eigenvalue weighted by Gasteiger charge is -2.26. The smallest absolute Gasteiger partial charge is 0.286 e. The molecule has 0 fully saturated rings. The molecule has 124 valence electrons. The summed E-state index contributed by atoms with van der Waals surface area (Å²) in [5.74, 6) is 0.466. The monoisotopic (exact) mass is 331 g/mol. The minimum absolute atomic E-state index is 0.0926. The third-order valence-electron chi connectivity index (χ3n) is 3.40. The average Bonchev–Trinajstić information content (AvgIpc) is 2.59. The Bertz CT molecular complexity index is 847. The zero-order chi connectivity index (χ0) is 17.1. The van der Waals surface area contributed by atoms with E-state index < -0.39 is 22.5 Å². The predicted molar refractivity (Wildman–Crippen MR) is 82.4 cm³/mol. The molecule has 9 heteroatoms. The number of amides is 1. The van der Waals surface area contributed by atoms with Gasteiger partial charge in [0.15, 0.2) is 11.5 Å². The molecule has 0 unspecified atom stereocenters. The van der Waals surface area contributed by atoms with Crippen molar-refractivity contribution in [1.82, 2.24) is 10.3 Å². The second-order valence-corrected chi connectivity index (χ2v) is 5.07. The summed E-state index contributed by atoms with van der Waals surface area (Å²) >= 11 is 0. The highest BCUT2D eigenvalue weighted by atomic mass is 16.6. The van der Waals surface area contributed by atoms with Crippen LogP contribution in [0.1, 0.15) is 10.4 Å². The van der Waals surface area contributed by atoms with Crippen molar-refractivity contribution in [1.29, 1.82) is 0 Å². The maximum Gasteiger partial charge on any atom is 0.286 e. The van der Waals surface area contributed by atoms with E-state index >= 15 is 0 Å². The number of rotatable bonds is 4. The van der Waals surface area contributed by atoms with E-state index in [1.165, 1.54) is 0 Å². The number of para-hydroxylation sites is 2. The molecule has 1 aliphatic rings. The highest BCUT2D eigenvalue weighted by Gasteiger charge is 2.22. The zero-order valence-electron chi connectivity index (χ0n) is 12.4. The van der Waals surface area contributed by atoms with Crippen LogP contribution in [0.4, 0.5) is 5.69 Å². The molecule has 9 nitrogen and oxygen atoms in total. The Hall–Kier alpha value is -3.36. The number of aromatic amines is 1. The minimum Gasteiger partial charge on any atom is -0.486 e. The van der Waals surface area contributed by atoms with Gasteiger partial charge in [0.25, 0.3) is 17.2 Å². The molecule has 0 saturated carbocycles. The highest BCUT2D eigenvalue weighted by molar-refractivity contribution is 5.94. The number of H-pyrrole nitrogens is 1. The predicted octanol–water partition coefficient (Wildman–Crippen LogP) is 0.853. The van der Waals surface area contributed by atoms with Crippen LogP contribution in [-0.2, 0) is 0 Å².